The van der Waals surface area contributed by atoms with Gasteiger partial charge in [0.15, 0.2) is 4.73 Å². The second-order valence-corrected chi connectivity index (χ2v) is 7.17. The summed E-state index contributed by atoms with van der Waals surface area (Å²) in [6.07, 6.45) is 3.52. The zero-order chi connectivity index (χ0) is 16.2. The van der Waals surface area contributed by atoms with E-state index in [-0.39, 0.29) is 12.1 Å². The van der Waals surface area contributed by atoms with Crippen LogP contribution in [-0.2, 0) is 11.3 Å². The Labute approximate surface area is 139 Å². The van der Waals surface area contributed by atoms with Gasteiger partial charge < -0.3 is 15.0 Å². The Kier molecular flexibility index (Phi) is 5.74. The molecule has 22 heavy (non-hydrogen) atoms. The first-order chi connectivity index (χ1) is 10.3. The molecule has 1 atom stereocenters. The van der Waals surface area contributed by atoms with E-state index in [1.54, 1.807) is 11.1 Å². The van der Waals surface area contributed by atoms with Crippen LogP contribution >= 0.6 is 15.9 Å². The molecule has 122 valence electrons. The van der Waals surface area contributed by atoms with Gasteiger partial charge >= 0.3 is 6.09 Å². The quantitative estimate of drug-likeness (QED) is 0.828. The molecule has 1 saturated heterocycles. The molecule has 0 unspecified atom stereocenters. The molecule has 1 aliphatic heterocycles. The molecule has 2 rings (SSSR count). The molecule has 0 saturated carbocycles. The number of aromatic nitrogens is 2. The topological polar surface area (TPSA) is 67.3 Å². The molecule has 0 aromatic carbocycles. The number of hydrogen-bond donors (Lipinski definition) is 1. The molecule has 0 radical (unpaired) electrons. The van der Waals surface area contributed by atoms with Gasteiger partial charge in [-0.05, 0) is 55.6 Å². The second-order valence-electron chi connectivity index (χ2n) is 6.46. The first kappa shape index (κ1) is 17.1. The molecule has 2 heterocycles. The summed E-state index contributed by atoms with van der Waals surface area (Å²) in [4.78, 5) is 22.2. The van der Waals surface area contributed by atoms with E-state index in [1.165, 1.54) is 0 Å². The SMILES string of the molecule is CC(C)(C)OC(=O)N1CCC[C@H](NCc2ccnc(Br)n2)C1. The van der Waals surface area contributed by atoms with Crippen molar-refractivity contribution in [3.8, 4) is 0 Å². The van der Waals surface area contributed by atoms with E-state index in [1.807, 2.05) is 26.8 Å². The molecule has 7 heteroatoms. The second kappa shape index (κ2) is 7.37. The third-order valence-electron chi connectivity index (χ3n) is 3.33. The summed E-state index contributed by atoms with van der Waals surface area (Å²) in [5, 5.41) is 3.45. The summed E-state index contributed by atoms with van der Waals surface area (Å²) in [6.45, 7) is 7.74. The van der Waals surface area contributed by atoms with E-state index in [0.717, 1.165) is 25.1 Å². The van der Waals surface area contributed by atoms with Crippen molar-refractivity contribution < 1.29 is 9.53 Å². The van der Waals surface area contributed by atoms with E-state index in [2.05, 4.69) is 31.2 Å². The van der Waals surface area contributed by atoms with Gasteiger partial charge in [-0.1, -0.05) is 0 Å². The fourth-order valence-electron chi connectivity index (χ4n) is 2.35. The number of ether oxygens (including phenoxy) is 1. The first-order valence-corrected chi connectivity index (χ1v) is 8.31. The zero-order valence-electron chi connectivity index (χ0n) is 13.3. The van der Waals surface area contributed by atoms with Crippen LogP contribution in [0.15, 0.2) is 17.0 Å². The molecule has 0 aliphatic carbocycles. The number of piperidine rings is 1. The van der Waals surface area contributed by atoms with Gasteiger partial charge in [0.1, 0.15) is 5.60 Å². The van der Waals surface area contributed by atoms with Gasteiger partial charge in [0.25, 0.3) is 0 Å². The maximum Gasteiger partial charge on any atom is 0.410 e. The Morgan fingerprint density at radius 1 is 1.55 bits per heavy atom. The summed E-state index contributed by atoms with van der Waals surface area (Å²) in [6, 6.07) is 2.14. The van der Waals surface area contributed by atoms with Crippen LogP contribution in [0.25, 0.3) is 0 Å². The van der Waals surface area contributed by atoms with Crippen LogP contribution in [0.5, 0.6) is 0 Å². The highest BCUT2D eigenvalue weighted by atomic mass is 79.9. The normalized spacial score (nSPS) is 19.1. The van der Waals surface area contributed by atoms with Crippen molar-refractivity contribution >= 4 is 22.0 Å². The lowest BCUT2D eigenvalue weighted by molar-refractivity contribution is 0.0187. The maximum atomic E-state index is 12.1. The number of halogens is 1. The maximum absolute atomic E-state index is 12.1. The van der Waals surface area contributed by atoms with E-state index < -0.39 is 5.60 Å². The van der Waals surface area contributed by atoms with Crippen LogP contribution in [0, 0.1) is 0 Å². The minimum atomic E-state index is -0.454. The van der Waals surface area contributed by atoms with Crippen molar-refractivity contribution in [3.63, 3.8) is 0 Å². The standard InChI is InChI=1S/C15H23BrN4O2/c1-15(2,3)22-14(21)20-8-4-5-12(10-20)18-9-11-6-7-17-13(16)19-11/h6-7,12,18H,4-5,8-10H2,1-3H3/t12-/m0/s1. The van der Waals surface area contributed by atoms with Crippen molar-refractivity contribution in [1.29, 1.82) is 0 Å². The van der Waals surface area contributed by atoms with E-state index >= 15 is 0 Å². The molecule has 1 aromatic rings. The number of likely N-dealkylation sites (tertiary alicyclic amines) is 1. The minimum Gasteiger partial charge on any atom is -0.444 e. The van der Waals surface area contributed by atoms with Gasteiger partial charge in [0.2, 0.25) is 0 Å². The van der Waals surface area contributed by atoms with Crippen LogP contribution in [0.1, 0.15) is 39.3 Å². The van der Waals surface area contributed by atoms with Gasteiger partial charge in [0, 0.05) is 31.9 Å². The fourth-order valence-corrected chi connectivity index (χ4v) is 2.70. The van der Waals surface area contributed by atoms with Crippen molar-refractivity contribution in [1.82, 2.24) is 20.2 Å². The van der Waals surface area contributed by atoms with E-state index in [4.69, 9.17) is 4.74 Å². The highest BCUT2D eigenvalue weighted by Gasteiger charge is 2.27. The summed E-state index contributed by atoms with van der Waals surface area (Å²) in [7, 11) is 0. The highest BCUT2D eigenvalue weighted by molar-refractivity contribution is 9.10. The molecule has 1 N–H and O–H groups in total. The van der Waals surface area contributed by atoms with Gasteiger partial charge in [-0.3, -0.25) is 0 Å². The van der Waals surface area contributed by atoms with Crippen LogP contribution < -0.4 is 5.32 Å². The predicted molar refractivity (Wildman–Crippen MR) is 87.4 cm³/mol. The van der Waals surface area contributed by atoms with Crippen molar-refractivity contribution in [3.05, 3.63) is 22.7 Å². The molecular formula is C15H23BrN4O2. The summed E-state index contributed by atoms with van der Waals surface area (Å²) in [5.41, 5.74) is 0.473. The average Bonchev–Trinajstić information content (AvgIpc) is 2.44. The number of hydrogen-bond acceptors (Lipinski definition) is 5. The van der Waals surface area contributed by atoms with Crippen LogP contribution in [0.3, 0.4) is 0 Å². The molecule has 1 fully saturated rings. The van der Waals surface area contributed by atoms with Gasteiger partial charge in [0.05, 0.1) is 5.69 Å². The van der Waals surface area contributed by atoms with Gasteiger partial charge in [-0.2, -0.15) is 0 Å². The molecule has 1 aromatic heterocycles. The van der Waals surface area contributed by atoms with Gasteiger partial charge in [-0.15, -0.1) is 0 Å². The molecule has 1 amide bonds. The Balaban J connectivity index is 1.84. The molecule has 0 bridgehead atoms. The van der Waals surface area contributed by atoms with Crippen molar-refractivity contribution in [2.75, 3.05) is 13.1 Å². The molecule has 6 nitrogen and oxygen atoms in total. The first-order valence-electron chi connectivity index (χ1n) is 7.52. The largest absolute Gasteiger partial charge is 0.444 e. The Bertz CT molecular complexity index is 519. The van der Waals surface area contributed by atoms with Crippen LogP contribution in [-0.4, -0.2) is 45.7 Å². The lowest BCUT2D eigenvalue weighted by atomic mass is 10.1. The lowest BCUT2D eigenvalue weighted by Gasteiger charge is -2.34. The third kappa shape index (κ3) is 5.53. The number of carbonyl (C=O) groups is 1. The van der Waals surface area contributed by atoms with Gasteiger partial charge in [-0.25, -0.2) is 14.8 Å². The summed E-state index contributed by atoms with van der Waals surface area (Å²) < 4.78 is 6.03. The summed E-state index contributed by atoms with van der Waals surface area (Å²) >= 11 is 3.27. The predicted octanol–water partition coefficient (Wildman–Crippen LogP) is 2.73. The Hall–Kier alpha value is -1.21. The molecular weight excluding hydrogens is 348 g/mol. The number of rotatable bonds is 3. The Morgan fingerprint density at radius 3 is 3.00 bits per heavy atom. The number of carbonyl (C=O) groups excluding carboxylic acids is 1. The lowest BCUT2D eigenvalue weighted by Crippen LogP contribution is -2.49. The number of nitrogens with zero attached hydrogens (tertiary/aromatic N) is 3. The van der Waals surface area contributed by atoms with Crippen molar-refractivity contribution in [2.45, 2.75) is 51.8 Å². The summed E-state index contributed by atoms with van der Waals surface area (Å²) in [5.74, 6) is 0. The van der Waals surface area contributed by atoms with E-state index in [0.29, 0.717) is 17.8 Å². The molecule has 0 spiro atoms. The van der Waals surface area contributed by atoms with Crippen LogP contribution in [0.4, 0.5) is 4.79 Å². The van der Waals surface area contributed by atoms with Crippen molar-refractivity contribution in [2.24, 2.45) is 0 Å². The Morgan fingerprint density at radius 2 is 2.32 bits per heavy atom. The zero-order valence-corrected chi connectivity index (χ0v) is 14.9. The van der Waals surface area contributed by atoms with Crippen LogP contribution in [0.2, 0.25) is 0 Å². The fraction of sp³-hybridized carbons (Fsp3) is 0.667. The number of nitrogens with one attached hydrogen (secondary N) is 1. The number of amides is 1. The third-order valence-corrected chi connectivity index (χ3v) is 3.71. The molecule has 1 aliphatic rings. The average molecular weight is 371 g/mol. The van der Waals surface area contributed by atoms with E-state index in [9.17, 15) is 4.79 Å². The highest BCUT2D eigenvalue weighted by Crippen LogP contribution is 2.15. The minimum absolute atomic E-state index is 0.233. The smallest absolute Gasteiger partial charge is 0.410 e. The monoisotopic (exact) mass is 370 g/mol.